The number of carbonyl (C=O) groups is 1. The van der Waals surface area contributed by atoms with Crippen molar-refractivity contribution in [3.63, 3.8) is 0 Å². The molecule has 0 bridgehead atoms. The van der Waals surface area contributed by atoms with E-state index in [2.05, 4.69) is 21.2 Å². The molecule has 1 aliphatic carbocycles. The van der Waals surface area contributed by atoms with E-state index in [9.17, 15) is 4.79 Å². The van der Waals surface area contributed by atoms with Gasteiger partial charge in [0.2, 0.25) is 5.91 Å². The minimum atomic E-state index is -0.190. The second-order valence-electron chi connectivity index (χ2n) is 4.71. The summed E-state index contributed by atoms with van der Waals surface area (Å²) in [6, 6.07) is 0. The molecule has 86 valence electrons. The summed E-state index contributed by atoms with van der Waals surface area (Å²) in [5, 5.41) is 4.00. The van der Waals surface area contributed by atoms with Crippen LogP contribution in [0.4, 0.5) is 0 Å². The lowest BCUT2D eigenvalue weighted by Crippen LogP contribution is -2.41. The van der Waals surface area contributed by atoms with Gasteiger partial charge in [0.25, 0.3) is 0 Å². The highest BCUT2D eigenvalue weighted by Gasteiger charge is 2.41. The Morgan fingerprint density at radius 2 is 2.27 bits per heavy atom. The predicted octanol–water partition coefficient (Wildman–Crippen LogP) is 1.85. The highest BCUT2D eigenvalue weighted by molar-refractivity contribution is 9.09. The van der Waals surface area contributed by atoms with Crippen LogP contribution in [-0.2, 0) is 9.53 Å². The lowest BCUT2D eigenvalue weighted by Gasteiger charge is -2.22. The summed E-state index contributed by atoms with van der Waals surface area (Å²) < 4.78 is 5.44. The van der Waals surface area contributed by atoms with Gasteiger partial charge in [-0.05, 0) is 37.5 Å². The first-order valence-corrected chi connectivity index (χ1v) is 6.83. The number of alkyl halides is 1. The molecule has 0 aromatic carbocycles. The van der Waals surface area contributed by atoms with Crippen LogP contribution in [0, 0.1) is 5.41 Å². The Hall–Kier alpha value is -0.0900. The van der Waals surface area contributed by atoms with Gasteiger partial charge in [-0.2, -0.15) is 0 Å². The zero-order chi connectivity index (χ0) is 10.7. The summed E-state index contributed by atoms with van der Waals surface area (Å²) in [7, 11) is 0. The average Bonchev–Trinajstić information content (AvgIpc) is 3.08. The number of carbonyl (C=O) groups excluding carboxylic acids is 1. The molecule has 0 spiro atoms. The molecule has 1 saturated carbocycles. The van der Waals surface area contributed by atoms with Gasteiger partial charge in [0.05, 0.1) is 0 Å². The molecule has 0 radical (unpaired) electrons. The van der Waals surface area contributed by atoms with E-state index in [1.807, 2.05) is 0 Å². The number of amides is 1. The Kier molecular flexibility index (Phi) is 3.67. The highest BCUT2D eigenvalue weighted by Crippen LogP contribution is 2.46. The van der Waals surface area contributed by atoms with Crippen molar-refractivity contribution >= 4 is 21.8 Å². The monoisotopic (exact) mass is 275 g/mol. The fraction of sp³-hybridized carbons (Fsp3) is 0.909. The topological polar surface area (TPSA) is 38.3 Å². The summed E-state index contributed by atoms with van der Waals surface area (Å²) in [4.78, 5) is 11.7. The van der Waals surface area contributed by atoms with Crippen molar-refractivity contribution in [1.82, 2.24) is 5.32 Å². The first-order chi connectivity index (χ1) is 7.26. The zero-order valence-corrected chi connectivity index (χ0v) is 10.5. The third-order valence-electron chi connectivity index (χ3n) is 3.35. The molecule has 1 amide bonds. The number of hydrogen-bond acceptors (Lipinski definition) is 2. The van der Waals surface area contributed by atoms with Crippen LogP contribution >= 0.6 is 15.9 Å². The van der Waals surface area contributed by atoms with Crippen molar-refractivity contribution in [2.45, 2.75) is 38.2 Å². The molecule has 4 heteroatoms. The largest absolute Gasteiger partial charge is 0.368 e. The summed E-state index contributed by atoms with van der Waals surface area (Å²) >= 11 is 3.50. The van der Waals surface area contributed by atoms with Crippen LogP contribution in [0.2, 0.25) is 0 Å². The van der Waals surface area contributed by atoms with Crippen molar-refractivity contribution in [3.05, 3.63) is 0 Å². The standard InChI is InChI=1S/C11H18BrNO2/c12-7-11(4-5-11)8-13-10(14)9-3-1-2-6-15-9/h9H,1-8H2,(H,13,14). The van der Waals surface area contributed by atoms with Gasteiger partial charge >= 0.3 is 0 Å². The quantitative estimate of drug-likeness (QED) is 0.796. The van der Waals surface area contributed by atoms with E-state index in [1.54, 1.807) is 0 Å². The van der Waals surface area contributed by atoms with Crippen LogP contribution in [0.25, 0.3) is 0 Å². The third kappa shape index (κ3) is 2.94. The van der Waals surface area contributed by atoms with Gasteiger partial charge in [-0.15, -0.1) is 0 Å². The Morgan fingerprint density at radius 1 is 1.47 bits per heavy atom. The van der Waals surface area contributed by atoms with Gasteiger partial charge < -0.3 is 10.1 Å². The van der Waals surface area contributed by atoms with Crippen LogP contribution in [0.3, 0.4) is 0 Å². The van der Waals surface area contributed by atoms with E-state index in [0.717, 1.165) is 37.7 Å². The van der Waals surface area contributed by atoms with Crippen molar-refractivity contribution in [3.8, 4) is 0 Å². The molecular weight excluding hydrogens is 258 g/mol. The zero-order valence-electron chi connectivity index (χ0n) is 8.93. The lowest BCUT2D eigenvalue weighted by atomic mass is 10.1. The minimum absolute atomic E-state index is 0.0851. The number of hydrogen-bond donors (Lipinski definition) is 1. The van der Waals surface area contributed by atoms with Crippen LogP contribution in [0.15, 0.2) is 0 Å². The molecule has 1 atom stereocenters. The van der Waals surface area contributed by atoms with E-state index >= 15 is 0 Å². The van der Waals surface area contributed by atoms with Gasteiger partial charge in [-0.3, -0.25) is 4.79 Å². The summed E-state index contributed by atoms with van der Waals surface area (Å²) in [6.07, 6.45) is 5.35. The molecule has 1 N–H and O–H groups in total. The van der Waals surface area contributed by atoms with E-state index in [-0.39, 0.29) is 12.0 Å². The second-order valence-corrected chi connectivity index (χ2v) is 5.27. The molecule has 0 aromatic heterocycles. The normalized spacial score (nSPS) is 28.5. The SMILES string of the molecule is O=C(NCC1(CBr)CC1)C1CCCCO1. The Bertz CT molecular complexity index is 235. The van der Waals surface area contributed by atoms with Crippen molar-refractivity contribution in [2.75, 3.05) is 18.5 Å². The van der Waals surface area contributed by atoms with Crippen LogP contribution in [0.1, 0.15) is 32.1 Å². The van der Waals surface area contributed by atoms with Gasteiger partial charge in [0.15, 0.2) is 0 Å². The first-order valence-electron chi connectivity index (χ1n) is 5.71. The molecule has 2 fully saturated rings. The molecule has 1 unspecified atom stereocenters. The van der Waals surface area contributed by atoms with E-state index in [1.165, 1.54) is 12.8 Å². The Labute approximate surface area is 99.1 Å². The number of nitrogens with one attached hydrogen (secondary N) is 1. The maximum atomic E-state index is 11.7. The fourth-order valence-electron chi connectivity index (χ4n) is 1.87. The number of rotatable bonds is 4. The predicted molar refractivity (Wildman–Crippen MR) is 62.1 cm³/mol. The molecule has 15 heavy (non-hydrogen) atoms. The Morgan fingerprint density at radius 3 is 2.80 bits per heavy atom. The second kappa shape index (κ2) is 4.83. The molecule has 3 nitrogen and oxygen atoms in total. The molecule has 2 rings (SSSR count). The first kappa shape index (κ1) is 11.4. The summed E-state index contributed by atoms with van der Waals surface area (Å²) in [5.74, 6) is 0.0851. The molecule has 0 aromatic rings. The summed E-state index contributed by atoms with van der Waals surface area (Å²) in [6.45, 7) is 1.54. The van der Waals surface area contributed by atoms with Gasteiger partial charge in [-0.1, -0.05) is 15.9 Å². The van der Waals surface area contributed by atoms with Gasteiger partial charge in [-0.25, -0.2) is 0 Å². The van der Waals surface area contributed by atoms with E-state index in [0.29, 0.717) is 5.41 Å². The van der Waals surface area contributed by atoms with E-state index in [4.69, 9.17) is 4.74 Å². The minimum Gasteiger partial charge on any atom is -0.368 e. The number of ether oxygens (including phenoxy) is 1. The van der Waals surface area contributed by atoms with Gasteiger partial charge in [0.1, 0.15) is 6.10 Å². The average molecular weight is 276 g/mol. The Balaban J connectivity index is 1.72. The smallest absolute Gasteiger partial charge is 0.249 e. The molecule has 1 heterocycles. The number of halogens is 1. The summed E-state index contributed by atoms with van der Waals surface area (Å²) in [5.41, 5.74) is 0.352. The van der Waals surface area contributed by atoms with Gasteiger partial charge in [0, 0.05) is 18.5 Å². The fourth-order valence-corrected chi connectivity index (χ4v) is 2.63. The van der Waals surface area contributed by atoms with Crippen LogP contribution in [-0.4, -0.2) is 30.5 Å². The molecule has 1 saturated heterocycles. The third-order valence-corrected chi connectivity index (χ3v) is 4.54. The van der Waals surface area contributed by atoms with Crippen LogP contribution < -0.4 is 5.32 Å². The lowest BCUT2D eigenvalue weighted by molar-refractivity contribution is -0.135. The highest BCUT2D eigenvalue weighted by atomic mass is 79.9. The maximum Gasteiger partial charge on any atom is 0.249 e. The van der Waals surface area contributed by atoms with E-state index < -0.39 is 0 Å². The molecule has 1 aliphatic heterocycles. The molecule has 2 aliphatic rings. The van der Waals surface area contributed by atoms with Crippen molar-refractivity contribution in [2.24, 2.45) is 5.41 Å². The molecular formula is C11H18BrNO2. The maximum absolute atomic E-state index is 11.7. The van der Waals surface area contributed by atoms with Crippen molar-refractivity contribution < 1.29 is 9.53 Å². The van der Waals surface area contributed by atoms with Crippen molar-refractivity contribution in [1.29, 1.82) is 0 Å². The van der Waals surface area contributed by atoms with Crippen LogP contribution in [0.5, 0.6) is 0 Å².